The normalized spacial score (nSPS) is 12.0. The van der Waals surface area contributed by atoms with Crippen LogP contribution in [0.25, 0.3) is 10.9 Å². The van der Waals surface area contributed by atoms with Gasteiger partial charge in [0.1, 0.15) is 0 Å². The molecule has 2 N–H and O–H groups in total. The molecule has 3 aromatic rings. The van der Waals surface area contributed by atoms with Gasteiger partial charge in [0.25, 0.3) is 0 Å². The van der Waals surface area contributed by atoms with Gasteiger partial charge in [0.2, 0.25) is 0 Å². The SMILES string of the molecule is CCc1ccccc1Cc1c(CO)[nH]c2ccc(C(F)(F)F)cc12. The molecule has 0 spiro atoms. The molecular formula is C19H18F3NO. The number of hydrogen-bond donors (Lipinski definition) is 2. The molecule has 1 heterocycles. The van der Waals surface area contributed by atoms with E-state index in [4.69, 9.17) is 0 Å². The molecule has 0 bridgehead atoms. The lowest BCUT2D eigenvalue weighted by molar-refractivity contribution is -0.137. The van der Waals surface area contributed by atoms with Gasteiger partial charge in [0.05, 0.1) is 12.2 Å². The topological polar surface area (TPSA) is 36.0 Å². The number of aliphatic hydroxyl groups excluding tert-OH is 1. The van der Waals surface area contributed by atoms with E-state index in [1.807, 2.05) is 31.2 Å². The molecule has 126 valence electrons. The van der Waals surface area contributed by atoms with Crippen molar-refractivity contribution in [2.45, 2.75) is 32.5 Å². The summed E-state index contributed by atoms with van der Waals surface area (Å²) in [5.74, 6) is 0. The lowest BCUT2D eigenvalue weighted by Gasteiger charge is -2.10. The van der Waals surface area contributed by atoms with Crippen molar-refractivity contribution in [3.63, 3.8) is 0 Å². The molecule has 0 unspecified atom stereocenters. The van der Waals surface area contributed by atoms with Crippen molar-refractivity contribution >= 4 is 10.9 Å². The molecule has 1 aromatic heterocycles. The van der Waals surface area contributed by atoms with Gasteiger partial charge in [-0.15, -0.1) is 0 Å². The zero-order valence-electron chi connectivity index (χ0n) is 13.2. The fraction of sp³-hybridized carbons (Fsp3) is 0.263. The average molecular weight is 333 g/mol. The Kier molecular flexibility index (Phi) is 4.37. The van der Waals surface area contributed by atoms with Crippen molar-refractivity contribution in [3.8, 4) is 0 Å². The minimum Gasteiger partial charge on any atom is -0.390 e. The van der Waals surface area contributed by atoms with E-state index in [1.54, 1.807) is 0 Å². The van der Waals surface area contributed by atoms with Gasteiger partial charge in [-0.3, -0.25) is 0 Å². The summed E-state index contributed by atoms with van der Waals surface area (Å²) in [5.41, 5.74) is 3.44. The van der Waals surface area contributed by atoms with Gasteiger partial charge in [-0.05, 0) is 41.3 Å². The zero-order chi connectivity index (χ0) is 17.3. The predicted molar refractivity (Wildman–Crippen MR) is 87.8 cm³/mol. The molecule has 0 atom stereocenters. The van der Waals surface area contributed by atoms with Crippen molar-refractivity contribution < 1.29 is 18.3 Å². The molecule has 0 radical (unpaired) electrons. The molecule has 2 nitrogen and oxygen atoms in total. The first-order valence-corrected chi connectivity index (χ1v) is 7.82. The molecule has 0 amide bonds. The van der Waals surface area contributed by atoms with Crippen LogP contribution < -0.4 is 0 Å². The van der Waals surface area contributed by atoms with E-state index >= 15 is 0 Å². The highest BCUT2D eigenvalue weighted by Gasteiger charge is 2.31. The van der Waals surface area contributed by atoms with Crippen LogP contribution in [0, 0.1) is 0 Å². The van der Waals surface area contributed by atoms with E-state index in [2.05, 4.69) is 4.98 Å². The number of hydrogen-bond acceptors (Lipinski definition) is 1. The number of alkyl halides is 3. The summed E-state index contributed by atoms with van der Waals surface area (Å²) in [5, 5.41) is 10.1. The maximum Gasteiger partial charge on any atom is 0.416 e. The second-order valence-corrected chi connectivity index (χ2v) is 5.80. The number of aromatic amines is 1. The summed E-state index contributed by atoms with van der Waals surface area (Å²) < 4.78 is 39.1. The molecule has 0 aliphatic carbocycles. The van der Waals surface area contributed by atoms with Gasteiger partial charge < -0.3 is 10.1 Å². The zero-order valence-corrected chi connectivity index (χ0v) is 13.2. The molecule has 2 aromatic carbocycles. The molecule has 0 saturated carbocycles. The first-order chi connectivity index (χ1) is 11.4. The fourth-order valence-corrected chi connectivity index (χ4v) is 3.08. The summed E-state index contributed by atoms with van der Waals surface area (Å²) in [6, 6.07) is 11.5. The second kappa shape index (κ2) is 6.32. The van der Waals surface area contributed by atoms with Crippen LogP contribution in [-0.2, 0) is 25.6 Å². The summed E-state index contributed by atoms with van der Waals surface area (Å²) in [7, 11) is 0. The molecule has 0 saturated heterocycles. The van der Waals surface area contributed by atoms with Crippen molar-refractivity contribution in [1.29, 1.82) is 0 Å². The summed E-state index contributed by atoms with van der Waals surface area (Å²) in [4.78, 5) is 3.03. The van der Waals surface area contributed by atoms with Crippen molar-refractivity contribution in [3.05, 3.63) is 70.4 Å². The highest BCUT2D eigenvalue weighted by Crippen LogP contribution is 2.34. The number of nitrogens with one attached hydrogen (secondary N) is 1. The fourth-order valence-electron chi connectivity index (χ4n) is 3.08. The van der Waals surface area contributed by atoms with Crippen LogP contribution in [0.1, 0.15) is 34.9 Å². The molecule has 24 heavy (non-hydrogen) atoms. The maximum atomic E-state index is 13.0. The Morgan fingerprint density at radius 3 is 2.38 bits per heavy atom. The van der Waals surface area contributed by atoms with E-state index in [-0.39, 0.29) is 6.61 Å². The highest BCUT2D eigenvalue weighted by atomic mass is 19.4. The Labute approximate surface area is 137 Å². The van der Waals surface area contributed by atoms with Crippen LogP contribution in [0.2, 0.25) is 0 Å². The quantitative estimate of drug-likeness (QED) is 0.705. The lowest BCUT2D eigenvalue weighted by Crippen LogP contribution is -2.04. The van der Waals surface area contributed by atoms with E-state index < -0.39 is 11.7 Å². The Balaban J connectivity index is 2.14. The van der Waals surface area contributed by atoms with Crippen LogP contribution in [0.15, 0.2) is 42.5 Å². The first kappa shape index (κ1) is 16.6. The monoisotopic (exact) mass is 333 g/mol. The van der Waals surface area contributed by atoms with E-state index in [0.717, 1.165) is 35.2 Å². The number of aromatic nitrogens is 1. The number of aryl methyl sites for hydroxylation is 1. The van der Waals surface area contributed by atoms with Gasteiger partial charge in [-0.25, -0.2) is 0 Å². The third-order valence-corrected chi connectivity index (χ3v) is 4.35. The smallest absolute Gasteiger partial charge is 0.390 e. The van der Waals surface area contributed by atoms with Gasteiger partial charge >= 0.3 is 6.18 Å². The third-order valence-electron chi connectivity index (χ3n) is 4.35. The maximum absolute atomic E-state index is 13.0. The van der Waals surface area contributed by atoms with Crippen LogP contribution in [0.4, 0.5) is 13.2 Å². The number of halogens is 3. The minimum absolute atomic E-state index is 0.236. The van der Waals surface area contributed by atoms with Crippen LogP contribution in [-0.4, -0.2) is 10.1 Å². The number of H-pyrrole nitrogens is 1. The van der Waals surface area contributed by atoms with Crippen LogP contribution in [0.5, 0.6) is 0 Å². The largest absolute Gasteiger partial charge is 0.416 e. The average Bonchev–Trinajstić information content (AvgIpc) is 2.91. The Bertz CT molecular complexity index is 865. The number of benzene rings is 2. The Morgan fingerprint density at radius 2 is 1.75 bits per heavy atom. The molecular weight excluding hydrogens is 315 g/mol. The van der Waals surface area contributed by atoms with E-state index in [9.17, 15) is 18.3 Å². The van der Waals surface area contributed by atoms with E-state index in [1.165, 1.54) is 6.07 Å². The van der Waals surface area contributed by atoms with Gasteiger partial charge in [-0.1, -0.05) is 31.2 Å². The van der Waals surface area contributed by atoms with Gasteiger partial charge in [0.15, 0.2) is 0 Å². The van der Waals surface area contributed by atoms with Crippen LogP contribution in [0.3, 0.4) is 0 Å². The molecule has 0 aliphatic heterocycles. The van der Waals surface area contributed by atoms with Crippen molar-refractivity contribution in [2.75, 3.05) is 0 Å². The number of rotatable bonds is 4. The highest BCUT2D eigenvalue weighted by molar-refractivity contribution is 5.86. The predicted octanol–water partition coefficient (Wildman–Crippen LogP) is 4.83. The summed E-state index contributed by atoms with van der Waals surface area (Å²) in [6.45, 7) is 1.81. The Hall–Kier alpha value is -2.27. The molecule has 5 heteroatoms. The standard InChI is InChI=1S/C19H18F3NO/c1-2-12-5-3-4-6-13(12)9-15-16-10-14(19(20,21)22)7-8-17(16)23-18(15)11-24/h3-8,10,23-24H,2,9,11H2,1H3. The van der Waals surface area contributed by atoms with Crippen molar-refractivity contribution in [2.24, 2.45) is 0 Å². The lowest BCUT2D eigenvalue weighted by atomic mass is 9.96. The molecule has 0 aliphatic rings. The van der Waals surface area contributed by atoms with E-state index in [0.29, 0.717) is 23.0 Å². The molecule has 0 fully saturated rings. The second-order valence-electron chi connectivity index (χ2n) is 5.80. The minimum atomic E-state index is -4.39. The molecule has 3 rings (SSSR count). The number of aliphatic hydroxyl groups is 1. The first-order valence-electron chi connectivity index (χ1n) is 7.82. The van der Waals surface area contributed by atoms with Gasteiger partial charge in [-0.2, -0.15) is 13.2 Å². The van der Waals surface area contributed by atoms with Gasteiger partial charge in [0, 0.05) is 23.0 Å². The summed E-state index contributed by atoms with van der Waals surface area (Å²) in [6.07, 6.45) is -3.05. The van der Waals surface area contributed by atoms with Crippen LogP contribution >= 0.6 is 0 Å². The number of fused-ring (bicyclic) bond motifs is 1. The Morgan fingerprint density at radius 1 is 1.04 bits per heavy atom. The third kappa shape index (κ3) is 3.04. The van der Waals surface area contributed by atoms with Crippen molar-refractivity contribution in [1.82, 2.24) is 4.98 Å². The summed E-state index contributed by atoms with van der Waals surface area (Å²) >= 11 is 0.